The van der Waals surface area contributed by atoms with Gasteiger partial charge in [0.25, 0.3) is 0 Å². The maximum absolute atomic E-state index is 5.39. The summed E-state index contributed by atoms with van der Waals surface area (Å²) in [6.45, 7) is 12.0. The first-order chi connectivity index (χ1) is 9.40. The van der Waals surface area contributed by atoms with Crippen LogP contribution in [0.5, 0.6) is 5.88 Å². The summed E-state index contributed by atoms with van der Waals surface area (Å²) in [5.74, 6) is 0.738. The number of hydrogen-bond donors (Lipinski definition) is 1. The molecule has 0 saturated carbocycles. The Morgan fingerprint density at radius 3 is 2.80 bits per heavy atom. The SMILES string of the molecule is CCC1(C)CNC(C)(C)CN1Cc1cccnc1OC. The lowest BCUT2D eigenvalue weighted by atomic mass is 9.87. The second kappa shape index (κ2) is 5.70. The molecule has 0 spiro atoms. The fraction of sp³-hybridized carbons (Fsp3) is 0.688. The Morgan fingerprint density at radius 1 is 1.40 bits per heavy atom. The lowest BCUT2D eigenvalue weighted by Crippen LogP contribution is -2.66. The van der Waals surface area contributed by atoms with Crippen LogP contribution in [-0.2, 0) is 6.54 Å². The smallest absolute Gasteiger partial charge is 0.217 e. The minimum Gasteiger partial charge on any atom is -0.481 e. The molecule has 1 atom stereocenters. The molecule has 2 heterocycles. The molecule has 1 fully saturated rings. The van der Waals surface area contributed by atoms with E-state index in [1.807, 2.05) is 6.07 Å². The molecular weight excluding hydrogens is 250 g/mol. The largest absolute Gasteiger partial charge is 0.481 e. The molecule has 1 aliphatic rings. The third-order valence-electron chi connectivity index (χ3n) is 4.46. The number of nitrogens with one attached hydrogen (secondary N) is 1. The van der Waals surface area contributed by atoms with Gasteiger partial charge in [0.1, 0.15) is 0 Å². The first-order valence-corrected chi connectivity index (χ1v) is 7.38. The highest BCUT2D eigenvalue weighted by atomic mass is 16.5. The molecule has 1 saturated heterocycles. The van der Waals surface area contributed by atoms with Crippen LogP contribution in [-0.4, -0.2) is 41.2 Å². The van der Waals surface area contributed by atoms with Crippen molar-refractivity contribution < 1.29 is 4.74 Å². The maximum atomic E-state index is 5.39. The standard InChI is InChI=1S/C16H27N3O/c1-6-16(4)11-18-15(2,3)12-19(16)10-13-8-7-9-17-14(13)20-5/h7-9,18H,6,10-12H2,1-5H3. The van der Waals surface area contributed by atoms with Gasteiger partial charge in [-0.2, -0.15) is 0 Å². The van der Waals surface area contributed by atoms with Crippen LogP contribution in [0.2, 0.25) is 0 Å². The molecule has 0 radical (unpaired) electrons. The molecule has 20 heavy (non-hydrogen) atoms. The summed E-state index contributed by atoms with van der Waals surface area (Å²) in [7, 11) is 1.69. The van der Waals surface area contributed by atoms with E-state index in [-0.39, 0.29) is 11.1 Å². The van der Waals surface area contributed by atoms with Gasteiger partial charge in [-0.1, -0.05) is 13.0 Å². The number of rotatable bonds is 4. The molecular formula is C16H27N3O. The van der Waals surface area contributed by atoms with E-state index < -0.39 is 0 Å². The van der Waals surface area contributed by atoms with Gasteiger partial charge in [0.05, 0.1) is 7.11 Å². The molecule has 4 nitrogen and oxygen atoms in total. The Labute approximate surface area is 122 Å². The van der Waals surface area contributed by atoms with Gasteiger partial charge in [-0.15, -0.1) is 0 Å². The molecule has 1 aliphatic heterocycles. The molecule has 1 N–H and O–H groups in total. The van der Waals surface area contributed by atoms with Gasteiger partial charge in [-0.25, -0.2) is 4.98 Å². The predicted octanol–water partition coefficient (Wildman–Crippen LogP) is 2.44. The van der Waals surface area contributed by atoms with E-state index in [9.17, 15) is 0 Å². The van der Waals surface area contributed by atoms with Crippen LogP contribution in [0.25, 0.3) is 0 Å². The van der Waals surface area contributed by atoms with Gasteiger partial charge in [0.15, 0.2) is 0 Å². The number of ether oxygens (including phenoxy) is 1. The lowest BCUT2D eigenvalue weighted by molar-refractivity contribution is 0.0169. The van der Waals surface area contributed by atoms with Crippen molar-refractivity contribution in [2.75, 3.05) is 20.2 Å². The monoisotopic (exact) mass is 277 g/mol. The van der Waals surface area contributed by atoms with Crippen LogP contribution in [0, 0.1) is 0 Å². The highest BCUT2D eigenvalue weighted by molar-refractivity contribution is 5.25. The third kappa shape index (κ3) is 3.13. The van der Waals surface area contributed by atoms with Crippen LogP contribution in [0.4, 0.5) is 0 Å². The lowest BCUT2D eigenvalue weighted by Gasteiger charge is -2.51. The van der Waals surface area contributed by atoms with Crippen molar-refractivity contribution in [2.24, 2.45) is 0 Å². The third-order valence-corrected chi connectivity index (χ3v) is 4.46. The summed E-state index contributed by atoms with van der Waals surface area (Å²) in [5, 5.41) is 3.66. The van der Waals surface area contributed by atoms with Gasteiger partial charge in [0.2, 0.25) is 5.88 Å². The predicted molar refractivity (Wildman–Crippen MR) is 82.0 cm³/mol. The number of hydrogen-bond acceptors (Lipinski definition) is 4. The number of methoxy groups -OCH3 is 1. The van der Waals surface area contributed by atoms with E-state index in [4.69, 9.17) is 4.74 Å². The maximum Gasteiger partial charge on any atom is 0.217 e. The van der Waals surface area contributed by atoms with Crippen LogP contribution >= 0.6 is 0 Å². The van der Waals surface area contributed by atoms with Gasteiger partial charge in [-0.05, 0) is 33.3 Å². The normalized spacial score (nSPS) is 26.4. The van der Waals surface area contributed by atoms with Crippen molar-refractivity contribution in [3.05, 3.63) is 23.9 Å². The molecule has 2 rings (SSSR count). The van der Waals surface area contributed by atoms with E-state index >= 15 is 0 Å². The summed E-state index contributed by atoms with van der Waals surface area (Å²) in [5.41, 5.74) is 1.48. The van der Waals surface area contributed by atoms with Crippen LogP contribution in [0.15, 0.2) is 18.3 Å². The van der Waals surface area contributed by atoms with E-state index in [2.05, 4.69) is 49.0 Å². The Bertz CT molecular complexity index is 461. The topological polar surface area (TPSA) is 37.4 Å². The number of aromatic nitrogens is 1. The van der Waals surface area contributed by atoms with Gasteiger partial charge >= 0.3 is 0 Å². The van der Waals surface area contributed by atoms with E-state index in [0.717, 1.165) is 37.5 Å². The fourth-order valence-electron chi connectivity index (χ4n) is 2.79. The van der Waals surface area contributed by atoms with Gasteiger partial charge < -0.3 is 10.1 Å². The first kappa shape index (κ1) is 15.3. The summed E-state index contributed by atoms with van der Waals surface area (Å²) in [6, 6.07) is 4.09. The number of nitrogens with zero attached hydrogens (tertiary/aromatic N) is 2. The van der Waals surface area contributed by atoms with Crippen LogP contribution in [0.1, 0.15) is 39.7 Å². The summed E-state index contributed by atoms with van der Waals surface area (Å²) in [4.78, 5) is 6.87. The molecule has 1 aromatic heterocycles. The average Bonchev–Trinajstić information content (AvgIpc) is 2.43. The summed E-state index contributed by atoms with van der Waals surface area (Å²) >= 11 is 0. The second-order valence-electron chi connectivity index (χ2n) is 6.62. The molecule has 0 amide bonds. The van der Waals surface area contributed by atoms with Crippen LogP contribution < -0.4 is 10.1 Å². The highest BCUT2D eigenvalue weighted by Crippen LogP contribution is 2.29. The zero-order chi connectivity index (χ0) is 14.8. The van der Waals surface area contributed by atoms with Crippen molar-refractivity contribution in [3.63, 3.8) is 0 Å². The minimum absolute atomic E-state index is 0.143. The average molecular weight is 277 g/mol. The van der Waals surface area contributed by atoms with Crippen molar-refractivity contribution in [1.29, 1.82) is 0 Å². The molecule has 0 bridgehead atoms. The van der Waals surface area contributed by atoms with Crippen LogP contribution in [0.3, 0.4) is 0 Å². The molecule has 112 valence electrons. The molecule has 4 heteroatoms. The minimum atomic E-state index is 0.143. The number of piperazine rings is 1. The molecule has 0 aliphatic carbocycles. The Balaban J connectivity index is 2.23. The molecule has 0 aromatic carbocycles. The second-order valence-corrected chi connectivity index (χ2v) is 6.62. The fourth-order valence-corrected chi connectivity index (χ4v) is 2.79. The van der Waals surface area contributed by atoms with Crippen molar-refractivity contribution in [1.82, 2.24) is 15.2 Å². The Morgan fingerprint density at radius 2 is 2.15 bits per heavy atom. The van der Waals surface area contributed by atoms with E-state index in [0.29, 0.717) is 0 Å². The zero-order valence-corrected chi connectivity index (χ0v) is 13.4. The van der Waals surface area contributed by atoms with E-state index in [1.165, 1.54) is 0 Å². The van der Waals surface area contributed by atoms with Gasteiger partial charge in [0, 0.05) is 42.5 Å². The summed E-state index contributed by atoms with van der Waals surface area (Å²) < 4.78 is 5.39. The summed E-state index contributed by atoms with van der Waals surface area (Å²) in [6.07, 6.45) is 2.90. The Kier molecular flexibility index (Phi) is 4.35. The highest BCUT2D eigenvalue weighted by Gasteiger charge is 2.39. The van der Waals surface area contributed by atoms with Gasteiger partial charge in [-0.3, -0.25) is 4.90 Å². The van der Waals surface area contributed by atoms with Crippen molar-refractivity contribution in [2.45, 2.75) is 51.7 Å². The first-order valence-electron chi connectivity index (χ1n) is 7.38. The zero-order valence-electron chi connectivity index (χ0n) is 13.4. The number of pyridine rings is 1. The molecule has 1 aromatic rings. The molecule has 1 unspecified atom stereocenters. The van der Waals surface area contributed by atoms with Crippen molar-refractivity contribution >= 4 is 0 Å². The van der Waals surface area contributed by atoms with E-state index in [1.54, 1.807) is 13.3 Å². The van der Waals surface area contributed by atoms with Crippen molar-refractivity contribution in [3.8, 4) is 5.88 Å². The Hall–Kier alpha value is -1.13. The quantitative estimate of drug-likeness (QED) is 0.917.